The molecule has 2 aromatic rings. The summed E-state index contributed by atoms with van der Waals surface area (Å²) in [6.45, 7) is 3.45. The van der Waals surface area contributed by atoms with Crippen LogP contribution < -0.4 is 4.90 Å². The van der Waals surface area contributed by atoms with E-state index in [0.717, 1.165) is 17.1 Å². The minimum Gasteiger partial charge on any atom is -0.378 e. The molecule has 126 valence electrons. The summed E-state index contributed by atoms with van der Waals surface area (Å²) in [7, 11) is 3.98. The summed E-state index contributed by atoms with van der Waals surface area (Å²) in [6.07, 6.45) is 2.73. The fourth-order valence-corrected chi connectivity index (χ4v) is 2.69. The third kappa shape index (κ3) is 3.51. The van der Waals surface area contributed by atoms with Crippen LogP contribution in [0.15, 0.2) is 30.7 Å². The zero-order valence-corrected chi connectivity index (χ0v) is 14.1. The summed E-state index contributed by atoms with van der Waals surface area (Å²) >= 11 is 0. The molecule has 1 aliphatic rings. The second kappa shape index (κ2) is 6.92. The van der Waals surface area contributed by atoms with Crippen LogP contribution in [0, 0.1) is 6.92 Å². The Morgan fingerprint density at radius 2 is 2.21 bits per heavy atom. The molecule has 1 unspecified atom stereocenters. The van der Waals surface area contributed by atoms with Crippen molar-refractivity contribution in [2.45, 2.75) is 13.0 Å². The molecule has 0 aliphatic carbocycles. The van der Waals surface area contributed by atoms with E-state index in [1.807, 2.05) is 38.1 Å². The number of nitrogens with zero attached hydrogens (tertiary/aromatic N) is 5. The number of carbonyl (C=O) groups excluding carboxylic acids is 1. The fourth-order valence-electron chi connectivity index (χ4n) is 2.69. The molecular formula is C17H21N5O2. The molecule has 7 heteroatoms. The predicted octanol–water partition coefficient (Wildman–Crippen LogP) is 1.46. The van der Waals surface area contributed by atoms with Gasteiger partial charge in [-0.25, -0.2) is 9.97 Å². The highest BCUT2D eigenvalue weighted by molar-refractivity contribution is 5.92. The summed E-state index contributed by atoms with van der Waals surface area (Å²) in [5.41, 5.74) is 3.25. The molecular weight excluding hydrogens is 306 g/mol. The van der Waals surface area contributed by atoms with Crippen molar-refractivity contribution in [3.05, 3.63) is 47.8 Å². The number of morpholine rings is 1. The van der Waals surface area contributed by atoms with Gasteiger partial charge in [0, 0.05) is 38.2 Å². The van der Waals surface area contributed by atoms with E-state index in [9.17, 15) is 4.79 Å². The first-order valence-corrected chi connectivity index (χ1v) is 7.87. The standard InChI is InChI=1S/C17H21N5O2/c1-12-8-13(21(2)3)9-15(20-12)16-10-22(6-7-24-16)17(23)14-4-5-18-11-19-14/h4-5,8-9,11,16H,6-7,10H2,1-3H3. The van der Waals surface area contributed by atoms with Crippen LogP contribution in [0.3, 0.4) is 0 Å². The van der Waals surface area contributed by atoms with Crippen LogP contribution in [-0.4, -0.2) is 59.6 Å². The molecule has 3 rings (SSSR count). The van der Waals surface area contributed by atoms with E-state index < -0.39 is 0 Å². The Morgan fingerprint density at radius 1 is 1.38 bits per heavy atom. The minimum atomic E-state index is -0.233. The van der Waals surface area contributed by atoms with Crippen molar-refractivity contribution in [2.24, 2.45) is 0 Å². The van der Waals surface area contributed by atoms with Crippen molar-refractivity contribution in [3.63, 3.8) is 0 Å². The summed E-state index contributed by atoms with van der Waals surface area (Å²) in [5.74, 6) is -0.105. The van der Waals surface area contributed by atoms with Crippen molar-refractivity contribution in [1.82, 2.24) is 19.9 Å². The number of aromatic nitrogens is 3. The largest absolute Gasteiger partial charge is 0.378 e. The van der Waals surface area contributed by atoms with Crippen LogP contribution >= 0.6 is 0 Å². The average Bonchev–Trinajstić information content (AvgIpc) is 2.61. The average molecular weight is 327 g/mol. The molecule has 0 N–H and O–H groups in total. The summed E-state index contributed by atoms with van der Waals surface area (Å²) < 4.78 is 5.86. The zero-order chi connectivity index (χ0) is 17.1. The number of anilines is 1. The van der Waals surface area contributed by atoms with Gasteiger partial charge in [-0.2, -0.15) is 0 Å². The Hall–Kier alpha value is -2.54. The molecule has 7 nitrogen and oxygen atoms in total. The van der Waals surface area contributed by atoms with Crippen molar-refractivity contribution in [2.75, 3.05) is 38.7 Å². The molecule has 1 amide bonds. The highest BCUT2D eigenvalue weighted by Gasteiger charge is 2.28. The second-order valence-electron chi connectivity index (χ2n) is 5.99. The Bertz CT molecular complexity index is 720. The molecule has 0 radical (unpaired) electrons. The Balaban J connectivity index is 1.80. The van der Waals surface area contributed by atoms with Crippen LogP contribution in [0.5, 0.6) is 0 Å². The number of hydrogen-bond acceptors (Lipinski definition) is 6. The number of hydrogen-bond donors (Lipinski definition) is 0. The lowest BCUT2D eigenvalue weighted by Crippen LogP contribution is -2.42. The maximum absolute atomic E-state index is 12.6. The monoisotopic (exact) mass is 327 g/mol. The van der Waals surface area contributed by atoms with Crippen LogP contribution in [0.2, 0.25) is 0 Å². The number of pyridine rings is 1. The van der Waals surface area contributed by atoms with Crippen molar-refractivity contribution < 1.29 is 9.53 Å². The van der Waals surface area contributed by atoms with Crippen LogP contribution in [-0.2, 0) is 4.74 Å². The highest BCUT2D eigenvalue weighted by Crippen LogP contribution is 2.25. The highest BCUT2D eigenvalue weighted by atomic mass is 16.5. The van der Waals surface area contributed by atoms with Gasteiger partial charge in [0.1, 0.15) is 18.1 Å². The van der Waals surface area contributed by atoms with E-state index in [2.05, 4.69) is 15.0 Å². The molecule has 2 aromatic heterocycles. The first-order valence-electron chi connectivity index (χ1n) is 7.87. The zero-order valence-electron chi connectivity index (χ0n) is 14.1. The van der Waals surface area contributed by atoms with Crippen molar-refractivity contribution in [1.29, 1.82) is 0 Å². The van der Waals surface area contributed by atoms with Crippen LogP contribution in [0.4, 0.5) is 5.69 Å². The van der Waals surface area contributed by atoms with E-state index in [1.165, 1.54) is 6.33 Å². The van der Waals surface area contributed by atoms with E-state index in [4.69, 9.17) is 4.74 Å². The SMILES string of the molecule is Cc1cc(N(C)C)cc(C2CN(C(=O)c3ccncn3)CCO2)n1. The van der Waals surface area contributed by atoms with Gasteiger partial charge in [-0.15, -0.1) is 0 Å². The lowest BCUT2D eigenvalue weighted by molar-refractivity contribution is -0.0249. The van der Waals surface area contributed by atoms with Crippen molar-refractivity contribution >= 4 is 11.6 Å². The first-order chi connectivity index (χ1) is 11.5. The molecule has 0 saturated carbocycles. The molecule has 24 heavy (non-hydrogen) atoms. The maximum atomic E-state index is 12.6. The molecule has 0 spiro atoms. The Labute approximate surface area is 141 Å². The number of amides is 1. The number of aryl methyl sites for hydroxylation is 1. The first kappa shape index (κ1) is 16.3. The molecule has 1 atom stereocenters. The van der Waals surface area contributed by atoms with Gasteiger partial charge in [0.25, 0.3) is 5.91 Å². The molecule has 1 aliphatic heterocycles. The van der Waals surface area contributed by atoms with Crippen LogP contribution in [0.25, 0.3) is 0 Å². The topological polar surface area (TPSA) is 71.5 Å². The smallest absolute Gasteiger partial charge is 0.272 e. The van der Waals surface area contributed by atoms with Gasteiger partial charge in [0.15, 0.2) is 0 Å². The van der Waals surface area contributed by atoms with Gasteiger partial charge in [-0.1, -0.05) is 0 Å². The second-order valence-corrected chi connectivity index (χ2v) is 5.99. The third-order valence-electron chi connectivity index (χ3n) is 3.96. The van der Waals surface area contributed by atoms with Gasteiger partial charge in [0.05, 0.1) is 18.8 Å². The van der Waals surface area contributed by atoms with Gasteiger partial charge >= 0.3 is 0 Å². The molecule has 0 bridgehead atoms. The van der Waals surface area contributed by atoms with Gasteiger partial charge in [0.2, 0.25) is 0 Å². The molecule has 0 aromatic carbocycles. The lowest BCUT2D eigenvalue weighted by atomic mass is 10.1. The fraction of sp³-hybridized carbons (Fsp3) is 0.412. The molecule has 3 heterocycles. The van der Waals surface area contributed by atoms with Gasteiger partial charge < -0.3 is 14.5 Å². The summed E-state index contributed by atoms with van der Waals surface area (Å²) in [6, 6.07) is 5.66. The van der Waals surface area contributed by atoms with E-state index in [0.29, 0.717) is 25.4 Å². The quantitative estimate of drug-likeness (QED) is 0.850. The summed E-state index contributed by atoms with van der Waals surface area (Å²) in [4.78, 5) is 28.8. The Kier molecular flexibility index (Phi) is 4.71. The maximum Gasteiger partial charge on any atom is 0.272 e. The number of ether oxygens (including phenoxy) is 1. The van der Waals surface area contributed by atoms with E-state index >= 15 is 0 Å². The van der Waals surface area contributed by atoms with Crippen LogP contribution in [0.1, 0.15) is 28.0 Å². The van der Waals surface area contributed by atoms with Gasteiger partial charge in [-0.3, -0.25) is 9.78 Å². The van der Waals surface area contributed by atoms with Crippen molar-refractivity contribution in [3.8, 4) is 0 Å². The molecule has 1 fully saturated rings. The molecule has 1 saturated heterocycles. The Morgan fingerprint density at radius 3 is 2.92 bits per heavy atom. The van der Waals surface area contributed by atoms with E-state index in [-0.39, 0.29) is 12.0 Å². The third-order valence-corrected chi connectivity index (χ3v) is 3.96. The summed E-state index contributed by atoms with van der Waals surface area (Å²) in [5, 5.41) is 0. The number of carbonyl (C=O) groups is 1. The van der Waals surface area contributed by atoms with Gasteiger partial charge in [-0.05, 0) is 25.1 Å². The number of rotatable bonds is 3. The minimum absolute atomic E-state index is 0.105. The normalized spacial score (nSPS) is 17.6. The predicted molar refractivity (Wildman–Crippen MR) is 89.9 cm³/mol. The lowest BCUT2D eigenvalue weighted by Gasteiger charge is -2.33. The van der Waals surface area contributed by atoms with E-state index in [1.54, 1.807) is 17.2 Å².